The molecule has 3 heteroatoms. The molecule has 2 aromatic carbocycles. The maximum absolute atomic E-state index is 6.73. The van der Waals surface area contributed by atoms with Crippen molar-refractivity contribution >= 4 is 28.5 Å². The summed E-state index contributed by atoms with van der Waals surface area (Å²) in [6.07, 6.45) is 0. The van der Waals surface area contributed by atoms with Crippen LogP contribution in [-0.2, 0) is 20.4 Å². The van der Waals surface area contributed by atoms with Gasteiger partial charge >= 0.3 is 95.8 Å². The second kappa shape index (κ2) is 5.95. The summed E-state index contributed by atoms with van der Waals surface area (Å²) < 4.78 is 0. The molecule has 0 amide bonds. The van der Waals surface area contributed by atoms with Gasteiger partial charge in [-0.15, -0.1) is 0 Å². The van der Waals surface area contributed by atoms with Gasteiger partial charge in [0.2, 0.25) is 0 Å². The Kier molecular flexibility index (Phi) is 5.16. The monoisotopic (exact) mass is 342 g/mol. The molecule has 0 radical (unpaired) electrons. The van der Waals surface area contributed by atoms with Crippen molar-refractivity contribution in [1.82, 2.24) is 0 Å². The van der Waals surface area contributed by atoms with Crippen molar-refractivity contribution in [3.05, 3.63) is 60.7 Å². The first-order valence-electron chi connectivity index (χ1n) is 5.01. The van der Waals surface area contributed by atoms with Gasteiger partial charge in [-0.1, -0.05) is 0 Å². The van der Waals surface area contributed by atoms with Gasteiger partial charge < -0.3 is 0 Å². The van der Waals surface area contributed by atoms with Crippen molar-refractivity contribution in [2.45, 2.75) is 0 Å². The Morgan fingerprint density at radius 1 is 0.750 bits per heavy atom. The zero-order valence-corrected chi connectivity index (χ0v) is 12.3. The predicted octanol–water partition coefficient (Wildman–Crippen LogP) is 3.17. The molecule has 2 aromatic rings. The Bertz CT molecular complexity index is 387. The zero-order valence-electron chi connectivity index (χ0n) is 8.97. The maximum atomic E-state index is 6.73. The molecule has 0 aliphatic heterocycles. The minimum Gasteiger partial charge on any atom is 0 e. The summed E-state index contributed by atoms with van der Waals surface area (Å²) in [7, 11) is 0. The summed E-state index contributed by atoms with van der Waals surface area (Å²) in [5.41, 5.74) is 0. The van der Waals surface area contributed by atoms with Gasteiger partial charge in [0, 0.05) is 20.4 Å². The smallest absolute Gasteiger partial charge is 0 e. The first-order valence-corrected chi connectivity index (χ1v) is 8.52. The van der Waals surface area contributed by atoms with Gasteiger partial charge in [0.15, 0.2) is 0 Å². The van der Waals surface area contributed by atoms with Gasteiger partial charge in [0.25, 0.3) is 0 Å². The van der Waals surface area contributed by atoms with E-state index in [4.69, 9.17) is 11.2 Å². The minimum absolute atomic E-state index is 0. The molecule has 0 aromatic heterocycles. The quantitative estimate of drug-likeness (QED) is 0.581. The largest absolute Gasteiger partial charge is 0 e. The standard InChI is InChI=1S/C13H14ClP.Pd/c1-15(14,12-8-4-2-5-9-12)13-10-6-3-7-11-13;/h2-11,15H,1H3;. The van der Waals surface area contributed by atoms with Gasteiger partial charge in [-0.2, -0.15) is 0 Å². The Balaban J connectivity index is 0.00000128. The molecule has 0 atom stereocenters. The first kappa shape index (κ1) is 13.9. The van der Waals surface area contributed by atoms with Gasteiger partial charge in [0.05, 0.1) is 0 Å². The second-order valence-corrected chi connectivity index (χ2v) is 9.16. The van der Waals surface area contributed by atoms with Crippen LogP contribution in [0.15, 0.2) is 60.7 Å². The molecular formula is C13H14ClPPd. The number of rotatable bonds is 2. The van der Waals surface area contributed by atoms with Crippen molar-refractivity contribution in [3.63, 3.8) is 0 Å². The fourth-order valence-electron chi connectivity index (χ4n) is 1.67. The molecule has 0 saturated heterocycles. The second-order valence-electron chi connectivity index (χ2n) is 3.74. The van der Waals surface area contributed by atoms with Crippen LogP contribution in [0.3, 0.4) is 0 Å². The summed E-state index contributed by atoms with van der Waals surface area (Å²) in [4.78, 5) is 0. The van der Waals surface area contributed by atoms with Crippen LogP contribution in [0.4, 0.5) is 0 Å². The average Bonchev–Trinajstić information content (AvgIpc) is 2.31. The van der Waals surface area contributed by atoms with Crippen molar-refractivity contribution in [1.29, 1.82) is 0 Å². The molecule has 0 N–H and O–H groups in total. The summed E-state index contributed by atoms with van der Waals surface area (Å²) in [6, 6.07) is 20.7. The Morgan fingerprint density at radius 2 is 1.06 bits per heavy atom. The van der Waals surface area contributed by atoms with Crippen LogP contribution < -0.4 is 10.6 Å². The van der Waals surface area contributed by atoms with Crippen molar-refractivity contribution in [3.8, 4) is 0 Å². The van der Waals surface area contributed by atoms with Crippen molar-refractivity contribution in [2.75, 3.05) is 6.66 Å². The summed E-state index contributed by atoms with van der Waals surface area (Å²) in [5, 5.41) is 2.52. The molecule has 88 valence electrons. The number of hydrogen-bond donors (Lipinski definition) is 0. The van der Waals surface area contributed by atoms with Gasteiger partial charge in [-0.3, -0.25) is 0 Å². The van der Waals surface area contributed by atoms with Crippen LogP contribution in [0.2, 0.25) is 0 Å². The summed E-state index contributed by atoms with van der Waals surface area (Å²) in [5.74, 6) is 0. The van der Waals surface area contributed by atoms with Crippen LogP contribution in [0.1, 0.15) is 0 Å². The maximum Gasteiger partial charge on any atom is 0 e. The molecule has 0 fully saturated rings. The molecule has 0 unspecified atom stereocenters. The van der Waals surface area contributed by atoms with Crippen LogP contribution in [-0.4, -0.2) is 6.66 Å². The number of benzene rings is 2. The zero-order chi connectivity index (χ0) is 10.7. The topological polar surface area (TPSA) is 0 Å². The third-order valence-electron chi connectivity index (χ3n) is 2.63. The third-order valence-corrected chi connectivity index (χ3v) is 6.78. The average molecular weight is 343 g/mol. The number of halogens is 1. The minimum atomic E-state index is -1.98. The SMILES string of the molecule is C[PH](Cl)(c1ccccc1)c1ccccc1.[Pd]. The van der Waals surface area contributed by atoms with E-state index in [1.54, 1.807) is 0 Å². The summed E-state index contributed by atoms with van der Waals surface area (Å²) >= 11 is 6.73. The molecule has 0 heterocycles. The Labute approximate surface area is 116 Å². The molecule has 0 bridgehead atoms. The molecule has 0 saturated carbocycles. The van der Waals surface area contributed by atoms with Gasteiger partial charge in [0.1, 0.15) is 0 Å². The molecule has 0 nitrogen and oxygen atoms in total. The molecule has 0 aliphatic rings. The van der Waals surface area contributed by atoms with E-state index in [0.717, 1.165) is 0 Å². The molecule has 16 heavy (non-hydrogen) atoms. The summed E-state index contributed by atoms with van der Waals surface area (Å²) in [6.45, 7) is 0.183. The Hall–Kier alpha value is -0.178. The van der Waals surface area contributed by atoms with E-state index in [0.29, 0.717) is 0 Å². The number of hydrogen-bond acceptors (Lipinski definition) is 0. The fraction of sp³-hybridized carbons (Fsp3) is 0.0769. The molecule has 0 spiro atoms. The van der Waals surface area contributed by atoms with Crippen LogP contribution >= 0.6 is 17.9 Å². The van der Waals surface area contributed by atoms with Crippen LogP contribution in [0.5, 0.6) is 0 Å². The normalized spacial score (nSPS) is 11.6. The molecular weight excluding hydrogens is 329 g/mol. The molecule has 0 aliphatic carbocycles. The van der Waals surface area contributed by atoms with E-state index < -0.39 is 6.62 Å². The van der Waals surface area contributed by atoms with E-state index in [1.807, 2.05) is 36.4 Å². The van der Waals surface area contributed by atoms with Gasteiger partial charge in [-0.05, 0) is 0 Å². The Morgan fingerprint density at radius 3 is 1.38 bits per heavy atom. The van der Waals surface area contributed by atoms with Crippen LogP contribution in [0, 0.1) is 0 Å². The fourth-order valence-corrected chi connectivity index (χ4v) is 4.40. The van der Waals surface area contributed by atoms with Gasteiger partial charge in [-0.25, -0.2) is 0 Å². The van der Waals surface area contributed by atoms with Crippen molar-refractivity contribution in [2.24, 2.45) is 0 Å². The molecule has 2 rings (SSSR count). The predicted molar refractivity (Wildman–Crippen MR) is 72.2 cm³/mol. The van der Waals surface area contributed by atoms with E-state index in [-0.39, 0.29) is 20.4 Å². The van der Waals surface area contributed by atoms with E-state index in [2.05, 4.69) is 30.9 Å². The van der Waals surface area contributed by atoms with E-state index in [1.165, 1.54) is 10.6 Å². The first-order chi connectivity index (χ1) is 7.21. The van der Waals surface area contributed by atoms with E-state index >= 15 is 0 Å². The van der Waals surface area contributed by atoms with E-state index in [9.17, 15) is 0 Å². The van der Waals surface area contributed by atoms with Crippen LogP contribution in [0.25, 0.3) is 0 Å². The van der Waals surface area contributed by atoms with Crippen molar-refractivity contribution < 1.29 is 20.4 Å². The third kappa shape index (κ3) is 2.94.